The van der Waals surface area contributed by atoms with Crippen LogP contribution in [0.4, 0.5) is 0 Å². The van der Waals surface area contributed by atoms with E-state index in [4.69, 9.17) is 0 Å². The standard InChI is InChI=1S/C17H22N2O.ClH/c20-16(15-11-17(15)6-8-18-9-7-17)19-10-5-13-3-1-2-4-14(13)12-19;/h1-4,15,18H,5-12H2;1H. The average molecular weight is 307 g/mol. The first-order valence-electron chi connectivity index (χ1n) is 7.85. The van der Waals surface area contributed by atoms with Gasteiger partial charge in [0.25, 0.3) is 0 Å². The molecule has 1 unspecified atom stereocenters. The van der Waals surface area contributed by atoms with E-state index in [1.165, 1.54) is 24.0 Å². The van der Waals surface area contributed by atoms with Crippen molar-refractivity contribution in [1.82, 2.24) is 10.2 Å². The minimum absolute atomic E-state index is 0. The lowest BCUT2D eigenvalue weighted by molar-refractivity contribution is -0.134. The number of hydrogen-bond acceptors (Lipinski definition) is 2. The van der Waals surface area contributed by atoms with Crippen molar-refractivity contribution >= 4 is 18.3 Å². The second-order valence-corrected chi connectivity index (χ2v) is 6.65. The molecular formula is C17H23ClN2O. The summed E-state index contributed by atoms with van der Waals surface area (Å²) >= 11 is 0. The first-order valence-corrected chi connectivity index (χ1v) is 7.85. The maximum absolute atomic E-state index is 12.7. The third-order valence-electron chi connectivity index (χ3n) is 5.53. The van der Waals surface area contributed by atoms with Gasteiger partial charge in [-0.05, 0) is 55.3 Å². The highest BCUT2D eigenvalue weighted by Crippen LogP contribution is 2.59. The van der Waals surface area contributed by atoms with E-state index in [2.05, 4.69) is 34.5 Å². The number of benzene rings is 1. The molecule has 21 heavy (non-hydrogen) atoms. The quantitative estimate of drug-likeness (QED) is 0.864. The van der Waals surface area contributed by atoms with Gasteiger partial charge in [-0.1, -0.05) is 24.3 Å². The zero-order valence-corrected chi connectivity index (χ0v) is 13.1. The van der Waals surface area contributed by atoms with Crippen LogP contribution in [0, 0.1) is 11.3 Å². The summed E-state index contributed by atoms with van der Waals surface area (Å²) < 4.78 is 0. The Balaban J connectivity index is 0.00000132. The van der Waals surface area contributed by atoms with Gasteiger partial charge in [-0.15, -0.1) is 12.4 Å². The molecule has 1 aromatic rings. The molecule has 1 saturated heterocycles. The maximum Gasteiger partial charge on any atom is 0.226 e. The number of amides is 1. The Bertz CT molecular complexity index is 539. The predicted molar refractivity (Wildman–Crippen MR) is 85.5 cm³/mol. The summed E-state index contributed by atoms with van der Waals surface area (Å²) in [5.41, 5.74) is 3.12. The molecule has 1 aliphatic carbocycles. The normalized spacial score (nSPS) is 25.9. The molecule has 1 N–H and O–H groups in total. The number of halogens is 1. The van der Waals surface area contributed by atoms with Gasteiger partial charge in [0.2, 0.25) is 5.91 Å². The van der Waals surface area contributed by atoms with E-state index in [1.807, 2.05) is 0 Å². The van der Waals surface area contributed by atoms with E-state index in [0.29, 0.717) is 17.2 Å². The van der Waals surface area contributed by atoms with Gasteiger partial charge in [-0.3, -0.25) is 4.79 Å². The van der Waals surface area contributed by atoms with Crippen molar-refractivity contribution in [2.45, 2.75) is 32.2 Å². The highest BCUT2D eigenvalue weighted by Gasteiger charge is 2.58. The molecule has 0 aromatic heterocycles. The molecule has 4 rings (SSSR count). The fraction of sp³-hybridized carbons (Fsp3) is 0.588. The molecule has 1 spiro atoms. The number of carbonyl (C=O) groups is 1. The van der Waals surface area contributed by atoms with E-state index in [-0.39, 0.29) is 12.4 Å². The summed E-state index contributed by atoms with van der Waals surface area (Å²) in [5.74, 6) is 0.733. The van der Waals surface area contributed by atoms with E-state index in [0.717, 1.165) is 39.0 Å². The summed E-state index contributed by atoms with van der Waals surface area (Å²) in [6.07, 6.45) is 4.52. The largest absolute Gasteiger partial charge is 0.338 e. The topological polar surface area (TPSA) is 32.3 Å². The van der Waals surface area contributed by atoms with Gasteiger partial charge < -0.3 is 10.2 Å². The molecule has 1 amide bonds. The van der Waals surface area contributed by atoms with Gasteiger partial charge in [0.1, 0.15) is 0 Å². The summed E-state index contributed by atoms with van der Waals surface area (Å²) in [7, 11) is 0. The molecule has 2 heterocycles. The maximum atomic E-state index is 12.7. The molecule has 0 bridgehead atoms. The molecule has 114 valence electrons. The Morgan fingerprint density at radius 1 is 1.19 bits per heavy atom. The molecule has 1 aromatic carbocycles. The average Bonchev–Trinajstić information content (AvgIpc) is 3.20. The highest BCUT2D eigenvalue weighted by molar-refractivity contribution is 5.85. The van der Waals surface area contributed by atoms with Gasteiger partial charge >= 0.3 is 0 Å². The molecular weight excluding hydrogens is 284 g/mol. The molecule has 2 aliphatic heterocycles. The number of fused-ring (bicyclic) bond motifs is 1. The third kappa shape index (κ3) is 2.58. The van der Waals surface area contributed by atoms with Gasteiger partial charge in [0.05, 0.1) is 0 Å². The van der Waals surface area contributed by atoms with Crippen LogP contribution in [0.25, 0.3) is 0 Å². The second kappa shape index (κ2) is 5.62. The van der Waals surface area contributed by atoms with Crippen LogP contribution in [0.1, 0.15) is 30.4 Å². The lowest BCUT2D eigenvalue weighted by atomic mass is 9.91. The van der Waals surface area contributed by atoms with Crippen molar-refractivity contribution in [2.24, 2.45) is 11.3 Å². The molecule has 0 radical (unpaired) electrons. The number of carbonyl (C=O) groups excluding carboxylic acids is 1. The summed E-state index contributed by atoms with van der Waals surface area (Å²) in [4.78, 5) is 14.9. The molecule has 3 aliphatic rings. The summed E-state index contributed by atoms with van der Waals surface area (Å²) in [6.45, 7) is 3.90. The number of nitrogens with zero attached hydrogens (tertiary/aromatic N) is 1. The summed E-state index contributed by atoms with van der Waals surface area (Å²) in [5, 5.41) is 3.41. The Labute approximate surface area is 132 Å². The van der Waals surface area contributed by atoms with Crippen LogP contribution in [0.5, 0.6) is 0 Å². The molecule has 2 fully saturated rings. The van der Waals surface area contributed by atoms with Gasteiger partial charge in [-0.2, -0.15) is 0 Å². The first-order chi connectivity index (χ1) is 9.78. The van der Waals surface area contributed by atoms with Crippen LogP contribution in [-0.4, -0.2) is 30.4 Å². The molecule has 4 heteroatoms. The van der Waals surface area contributed by atoms with Crippen molar-refractivity contribution in [3.63, 3.8) is 0 Å². The fourth-order valence-electron chi connectivity index (χ4n) is 4.08. The van der Waals surface area contributed by atoms with Crippen molar-refractivity contribution in [3.05, 3.63) is 35.4 Å². The Kier molecular flexibility index (Phi) is 3.98. The zero-order chi connectivity index (χ0) is 13.6. The van der Waals surface area contributed by atoms with E-state index >= 15 is 0 Å². The van der Waals surface area contributed by atoms with Crippen molar-refractivity contribution in [2.75, 3.05) is 19.6 Å². The van der Waals surface area contributed by atoms with Gasteiger partial charge in [0.15, 0.2) is 0 Å². The third-order valence-corrected chi connectivity index (χ3v) is 5.53. The number of piperidine rings is 1. The molecule has 1 saturated carbocycles. The van der Waals surface area contributed by atoms with Crippen molar-refractivity contribution in [3.8, 4) is 0 Å². The Morgan fingerprint density at radius 2 is 1.90 bits per heavy atom. The van der Waals surface area contributed by atoms with Gasteiger partial charge in [0, 0.05) is 19.0 Å². The Hall–Kier alpha value is -1.06. The van der Waals surface area contributed by atoms with Crippen molar-refractivity contribution in [1.29, 1.82) is 0 Å². The second-order valence-electron chi connectivity index (χ2n) is 6.65. The SMILES string of the molecule is Cl.O=C(C1CC12CCNCC2)N1CCc2ccccc2C1. The van der Waals surface area contributed by atoms with Crippen LogP contribution >= 0.6 is 12.4 Å². The van der Waals surface area contributed by atoms with E-state index < -0.39 is 0 Å². The van der Waals surface area contributed by atoms with Gasteiger partial charge in [-0.25, -0.2) is 0 Å². The van der Waals surface area contributed by atoms with Crippen LogP contribution in [-0.2, 0) is 17.8 Å². The minimum Gasteiger partial charge on any atom is -0.338 e. The van der Waals surface area contributed by atoms with Crippen LogP contribution < -0.4 is 5.32 Å². The Morgan fingerprint density at radius 3 is 2.67 bits per heavy atom. The number of nitrogens with one attached hydrogen (secondary N) is 1. The highest BCUT2D eigenvalue weighted by atomic mass is 35.5. The smallest absolute Gasteiger partial charge is 0.226 e. The van der Waals surface area contributed by atoms with Crippen LogP contribution in [0.3, 0.4) is 0 Å². The number of rotatable bonds is 1. The first kappa shape index (κ1) is 14.9. The zero-order valence-electron chi connectivity index (χ0n) is 12.3. The number of hydrogen-bond donors (Lipinski definition) is 1. The van der Waals surface area contributed by atoms with E-state index in [9.17, 15) is 4.79 Å². The molecule has 1 atom stereocenters. The predicted octanol–water partition coefficient (Wildman–Crippen LogP) is 2.38. The lowest BCUT2D eigenvalue weighted by Gasteiger charge is -2.31. The van der Waals surface area contributed by atoms with Crippen molar-refractivity contribution < 1.29 is 4.79 Å². The minimum atomic E-state index is 0. The lowest BCUT2D eigenvalue weighted by Crippen LogP contribution is -2.39. The van der Waals surface area contributed by atoms with Crippen LogP contribution in [0.2, 0.25) is 0 Å². The fourth-order valence-corrected chi connectivity index (χ4v) is 4.08. The molecule has 3 nitrogen and oxygen atoms in total. The van der Waals surface area contributed by atoms with Crippen LogP contribution in [0.15, 0.2) is 24.3 Å². The monoisotopic (exact) mass is 306 g/mol. The summed E-state index contributed by atoms with van der Waals surface area (Å²) in [6, 6.07) is 8.55. The van der Waals surface area contributed by atoms with E-state index in [1.54, 1.807) is 0 Å².